The molecule has 1 aromatic heterocycles. The van der Waals surface area contributed by atoms with Crippen LogP contribution in [0.4, 0.5) is 0 Å². The Bertz CT molecular complexity index is 442. The highest BCUT2D eigenvalue weighted by molar-refractivity contribution is 5.90. The highest BCUT2D eigenvalue weighted by atomic mass is 16.2. The Hall–Kier alpha value is -1.43. The van der Waals surface area contributed by atoms with Crippen molar-refractivity contribution >= 4 is 5.91 Å². The minimum Gasteiger partial charge on any atom is -0.337 e. The van der Waals surface area contributed by atoms with Gasteiger partial charge in [-0.3, -0.25) is 9.89 Å². The van der Waals surface area contributed by atoms with Crippen LogP contribution < -0.4 is 0 Å². The third-order valence-corrected chi connectivity index (χ3v) is 3.74. The van der Waals surface area contributed by atoms with Gasteiger partial charge >= 0.3 is 0 Å². The van der Waals surface area contributed by atoms with Crippen molar-refractivity contribution in [3.05, 3.63) is 11.6 Å². The standard InChI is InChI=1S/C13H23N5O/c1-9(2)11-14-12(16-15-11)13(19)18(4)8-10-6-5-7-17(10)3/h9-10H,5-8H2,1-4H3,(H,14,15,16). The molecule has 0 spiro atoms. The lowest BCUT2D eigenvalue weighted by Gasteiger charge is -2.25. The van der Waals surface area contributed by atoms with E-state index in [1.165, 1.54) is 6.42 Å². The van der Waals surface area contributed by atoms with Crippen LogP contribution in [-0.2, 0) is 0 Å². The molecule has 0 aliphatic carbocycles. The number of H-pyrrole nitrogens is 1. The SMILES string of the molecule is CC(C)c1nc(C(=O)N(C)CC2CCCN2C)n[nH]1. The molecule has 0 bridgehead atoms. The van der Waals surface area contributed by atoms with Gasteiger partial charge in [0.25, 0.3) is 5.91 Å². The molecule has 1 aliphatic heterocycles. The predicted octanol–water partition coefficient (Wildman–Crippen LogP) is 1.09. The summed E-state index contributed by atoms with van der Waals surface area (Å²) in [5.74, 6) is 1.17. The molecule has 106 valence electrons. The van der Waals surface area contributed by atoms with E-state index in [4.69, 9.17) is 0 Å². The van der Waals surface area contributed by atoms with Gasteiger partial charge in [-0.2, -0.15) is 0 Å². The first-order valence-corrected chi connectivity index (χ1v) is 6.87. The number of aromatic amines is 1. The van der Waals surface area contributed by atoms with Crippen LogP contribution >= 0.6 is 0 Å². The molecule has 19 heavy (non-hydrogen) atoms. The summed E-state index contributed by atoms with van der Waals surface area (Å²) in [6, 6.07) is 0.456. The molecule has 1 unspecified atom stereocenters. The normalized spacial score (nSPS) is 20.2. The van der Waals surface area contributed by atoms with Crippen molar-refractivity contribution < 1.29 is 4.79 Å². The summed E-state index contributed by atoms with van der Waals surface area (Å²) in [5.41, 5.74) is 0. The van der Waals surface area contributed by atoms with Gasteiger partial charge in [0.1, 0.15) is 5.82 Å². The maximum atomic E-state index is 12.2. The van der Waals surface area contributed by atoms with E-state index in [1.807, 2.05) is 20.9 Å². The lowest BCUT2D eigenvalue weighted by molar-refractivity contribution is 0.0750. The van der Waals surface area contributed by atoms with E-state index in [0.717, 1.165) is 25.3 Å². The lowest BCUT2D eigenvalue weighted by Crippen LogP contribution is -2.39. The van der Waals surface area contributed by atoms with Crippen molar-refractivity contribution in [1.82, 2.24) is 25.0 Å². The van der Waals surface area contributed by atoms with Crippen molar-refractivity contribution in [1.29, 1.82) is 0 Å². The van der Waals surface area contributed by atoms with Crippen LogP contribution in [0.5, 0.6) is 0 Å². The van der Waals surface area contributed by atoms with Crippen LogP contribution in [0.3, 0.4) is 0 Å². The summed E-state index contributed by atoms with van der Waals surface area (Å²) >= 11 is 0. The molecular formula is C13H23N5O. The zero-order valence-corrected chi connectivity index (χ0v) is 12.2. The van der Waals surface area contributed by atoms with Crippen molar-refractivity contribution in [2.75, 3.05) is 27.2 Å². The predicted molar refractivity (Wildman–Crippen MR) is 73.1 cm³/mol. The summed E-state index contributed by atoms with van der Waals surface area (Å²) in [6.45, 7) is 5.89. The average molecular weight is 265 g/mol. The molecule has 1 fully saturated rings. The maximum absolute atomic E-state index is 12.2. The van der Waals surface area contributed by atoms with E-state index in [1.54, 1.807) is 4.90 Å². The van der Waals surface area contributed by atoms with Crippen LogP contribution in [0.1, 0.15) is 49.1 Å². The van der Waals surface area contributed by atoms with Crippen molar-refractivity contribution in [2.24, 2.45) is 0 Å². The summed E-state index contributed by atoms with van der Waals surface area (Å²) in [6.07, 6.45) is 2.36. The highest BCUT2D eigenvalue weighted by Crippen LogP contribution is 2.16. The number of likely N-dealkylation sites (tertiary alicyclic amines) is 1. The van der Waals surface area contributed by atoms with E-state index < -0.39 is 0 Å². The van der Waals surface area contributed by atoms with Gasteiger partial charge in [0, 0.05) is 25.6 Å². The second-order valence-corrected chi connectivity index (χ2v) is 5.66. The molecule has 6 heteroatoms. The second kappa shape index (κ2) is 5.69. The van der Waals surface area contributed by atoms with E-state index in [2.05, 4.69) is 27.1 Å². The molecule has 1 atom stereocenters. The minimum atomic E-state index is -0.108. The molecule has 2 heterocycles. The van der Waals surface area contributed by atoms with Gasteiger partial charge in [-0.1, -0.05) is 13.8 Å². The fourth-order valence-electron chi connectivity index (χ4n) is 2.41. The molecule has 2 rings (SSSR count). The molecule has 1 aliphatic rings. The molecule has 6 nitrogen and oxygen atoms in total. The summed E-state index contributed by atoms with van der Waals surface area (Å²) in [4.78, 5) is 20.5. The van der Waals surface area contributed by atoms with Gasteiger partial charge in [-0.05, 0) is 26.4 Å². The number of rotatable bonds is 4. The summed E-state index contributed by atoms with van der Waals surface area (Å²) in [7, 11) is 3.93. The number of carbonyl (C=O) groups excluding carboxylic acids is 1. The van der Waals surface area contributed by atoms with E-state index in [0.29, 0.717) is 6.04 Å². The maximum Gasteiger partial charge on any atom is 0.293 e. The second-order valence-electron chi connectivity index (χ2n) is 5.66. The van der Waals surface area contributed by atoms with Crippen LogP contribution in [0.25, 0.3) is 0 Å². The molecule has 0 saturated carbocycles. The number of nitrogens with zero attached hydrogens (tertiary/aromatic N) is 4. The summed E-state index contributed by atoms with van der Waals surface area (Å²) in [5, 5.41) is 6.84. The third-order valence-electron chi connectivity index (χ3n) is 3.74. The Kier molecular flexibility index (Phi) is 4.19. The van der Waals surface area contributed by atoms with Crippen molar-refractivity contribution in [3.8, 4) is 0 Å². The Labute approximate surface area is 114 Å². The van der Waals surface area contributed by atoms with Crippen molar-refractivity contribution in [2.45, 2.75) is 38.6 Å². The minimum absolute atomic E-state index is 0.108. The number of carbonyl (C=O) groups is 1. The monoisotopic (exact) mass is 265 g/mol. The van der Waals surface area contributed by atoms with Crippen LogP contribution in [0, 0.1) is 0 Å². The quantitative estimate of drug-likeness (QED) is 0.885. The number of aromatic nitrogens is 3. The molecule has 1 aromatic rings. The molecule has 1 N–H and O–H groups in total. The number of amides is 1. The largest absolute Gasteiger partial charge is 0.337 e. The van der Waals surface area contributed by atoms with Crippen molar-refractivity contribution in [3.63, 3.8) is 0 Å². The highest BCUT2D eigenvalue weighted by Gasteiger charge is 2.25. The number of likely N-dealkylation sites (N-methyl/N-ethyl adjacent to an activating group) is 2. The van der Waals surface area contributed by atoms with Gasteiger partial charge in [-0.25, -0.2) is 4.98 Å². The van der Waals surface area contributed by atoms with Crippen LogP contribution in [0.2, 0.25) is 0 Å². The third kappa shape index (κ3) is 3.12. The lowest BCUT2D eigenvalue weighted by atomic mass is 10.2. The first-order chi connectivity index (χ1) is 8.99. The zero-order valence-electron chi connectivity index (χ0n) is 12.2. The van der Waals surface area contributed by atoms with Gasteiger partial charge in [0.2, 0.25) is 5.82 Å². The topological polar surface area (TPSA) is 65.1 Å². The first-order valence-electron chi connectivity index (χ1n) is 6.87. The Balaban J connectivity index is 1.97. The van der Waals surface area contributed by atoms with Gasteiger partial charge in [-0.15, -0.1) is 5.10 Å². The van der Waals surface area contributed by atoms with Crippen LogP contribution in [0.15, 0.2) is 0 Å². The fourth-order valence-corrected chi connectivity index (χ4v) is 2.41. The molecule has 1 amide bonds. The Morgan fingerprint density at radius 3 is 2.84 bits per heavy atom. The average Bonchev–Trinajstić information content (AvgIpc) is 2.98. The van der Waals surface area contributed by atoms with E-state index in [-0.39, 0.29) is 17.6 Å². The Morgan fingerprint density at radius 1 is 1.58 bits per heavy atom. The summed E-state index contributed by atoms with van der Waals surface area (Å²) < 4.78 is 0. The molecule has 0 aromatic carbocycles. The number of nitrogens with one attached hydrogen (secondary N) is 1. The number of hydrogen-bond acceptors (Lipinski definition) is 4. The smallest absolute Gasteiger partial charge is 0.293 e. The molecular weight excluding hydrogens is 242 g/mol. The fraction of sp³-hybridized carbons (Fsp3) is 0.769. The molecule has 0 radical (unpaired) electrons. The zero-order chi connectivity index (χ0) is 14.0. The van der Waals surface area contributed by atoms with E-state index in [9.17, 15) is 4.79 Å². The number of hydrogen-bond donors (Lipinski definition) is 1. The van der Waals surface area contributed by atoms with Crippen LogP contribution in [-0.4, -0.2) is 64.1 Å². The molecule has 1 saturated heterocycles. The Morgan fingerprint density at radius 2 is 2.32 bits per heavy atom. The van der Waals surface area contributed by atoms with Gasteiger partial charge < -0.3 is 9.80 Å². The van der Waals surface area contributed by atoms with E-state index >= 15 is 0 Å². The van der Waals surface area contributed by atoms with Gasteiger partial charge in [0.15, 0.2) is 0 Å². The first kappa shape index (κ1) is 14.0. The van der Waals surface area contributed by atoms with Gasteiger partial charge in [0.05, 0.1) is 0 Å².